The maximum atomic E-state index is 12.1. The number of ether oxygens (including phenoxy) is 1. The summed E-state index contributed by atoms with van der Waals surface area (Å²) in [4.78, 5) is 28.3. The number of hydrogen-bond acceptors (Lipinski definition) is 5. The molecule has 1 aromatic rings. The number of oxime groups is 1. The summed E-state index contributed by atoms with van der Waals surface area (Å²) in [5.41, 5.74) is 0.578. The highest BCUT2D eigenvalue weighted by Gasteiger charge is 2.36. The van der Waals surface area contributed by atoms with Gasteiger partial charge in [0.15, 0.2) is 0 Å². The number of Topliss-reactive ketones (excluding diaryl/α,β-unsaturated/α-hetero) is 1. The van der Waals surface area contributed by atoms with Crippen LogP contribution in [0.25, 0.3) is 0 Å². The van der Waals surface area contributed by atoms with Crippen molar-refractivity contribution in [2.75, 3.05) is 13.7 Å². The largest absolute Gasteiger partial charge is 0.468 e. The van der Waals surface area contributed by atoms with E-state index in [9.17, 15) is 9.59 Å². The molecule has 0 saturated carbocycles. The molecule has 0 N–H and O–H groups in total. The fraction of sp³-hybridized carbons (Fsp3) is 0.250. The predicted octanol–water partition coefficient (Wildman–Crippen LogP) is 1.04. The Labute approximate surface area is 98.0 Å². The second-order valence-electron chi connectivity index (χ2n) is 3.54. The molecule has 0 spiro atoms. The van der Waals surface area contributed by atoms with Crippen LogP contribution in [0.3, 0.4) is 0 Å². The van der Waals surface area contributed by atoms with E-state index in [0.717, 1.165) is 0 Å². The Bertz CT molecular complexity index is 467. The highest BCUT2D eigenvalue weighted by molar-refractivity contribution is 6.49. The van der Waals surface area contributed by atoms with Gasteiger partial charge in [-0.2, -0.15) is 0 Å². The van der Waals surface area contributed by atoms with Gasteiger partial charge in [0.1, 0.15) is 18.2 Å². The first-order chi connectivity index (χ1) is 8.24. The molecule has 1 aromatic carbocycles. The van der Waals surface area contributed by atoms with E-state index in [1.54, 1.807) is 24.3 Å². The molecule has 0 radical (unpaired) electrons. The molecule has 0 aliphatic carbocycles. The minimum absolute atomic E-state index is 0.0561. The molecule has 1 aliphatic heterocycles. The van der Waals surface area contributed by atoms with E-state index in [4.69, 9.17) is 4.84 Å². The maximum absolute atomic E-state index is 12.1. The number of hydrogen-bond donors (Lipinski definition) is 0. The van der Waals surface area contributed by atoms with Crippen molar-refractivity contribution in [1.82, 2.24) is 0 Å². The van der Waals surface area contributed by atoms with Gasteiger partial charge in [-0.25, -0.2) is 0 Å². The fourth-order valence-electron chi connectivity index (χ4n) is 1.58. The quantitative estimate of drug-likeness (QED) is 0.578. The average molecular weight is 233 g/mol. The molecule has 5 heteroatoms. The van der Waals surface area contributed by atoms with Crippen LogP contribution in [0.4, 0.5) is 0 Å². The molecule has 17 heavy (non-hydrogen) atoms. The molecular formula is C12H11NO4. The van der Waals surface area contributed by atoms with Crippen LogP contribution in [-0.2, 0) is 14.4 Å². The Morgan fingerprint density at radius 1 is 1.35 bits per heavy atom. The summed E-state index contributed by atoms with van der Waals surface area (Å²) in [5.74, 6) is -1.54. The first kappa shape index (κ1) is 11.3. The summed E-state index contributed by atoms with van der Waals surface area (Å²) in [5, 5.41) is 3.63. The van der Waals surface area contributed by atoms with Gasteiger partial charge < -0.3 is 9.57 Å². The smallest absolute Gasteiger partial charge is 0.318 e. The summed E-state index contributed by atoms with van der Waals surface area (Å²) in [6.45, 7) is 0.0561. The van der Waals surface area contributed by atoms with Gasteiger partial charge in [0, 0.05) is 5.56 Å². The molecule has 1 aliphatic rings. The third kappa shape index (κ3) is 2.18. The lowest BCUT2D eigenvalue weighted by Gasteiger charge is -2.06. The van der Waals surface area contributed by atoms with Gasteiger partial charge in [-0.15, -0.1) is 0 Å². The lowest BCUT2D eigenvalue weighted by molar-refractivity contribution is -0.143. The highest BCUT2D eigenvalue weighted by Crippen LogP contribution is 2.16. The Kier molecular flexibility index (Phi) is 3.18. The van der Waals surface area contributed by atoms with E-state index in [-0.39, 0.29) is 18.1 Å². The number of rotatable bonds is 3. The van der Waals surface area contributed by atoms with Crippen molar-refractivity contribution in [3.05, 3.63) is 35.9 Å². The van der Waals surface area contributed by atoms with Crippen molar-refractivity contribution < 1.29 is 19.2 Å². The van der Waals surface area contributed by atoms with Gasteiger partial charge in [0.2, 0.25) is 5.78 Å². The summed E-state index contributed by atoms with van der Waals surface area (Å²) in [6, 6.07) is 8.63. The van der Waals surface area contributed by atoms with E-state index in [1.165, 1.54) is 7.11 Å². The molecule has 0 saturated heterocycles. The predicted molar refractivity (Wildman–Crippen MR) is 59.7 cm³/mol. The van der Waals surface area contributed by atoms with E-state index in [1.807, 2.05) is 6.07 Å². The van der Waals surface area contributed by atoms with Crippen molar-refractivity contribution >= 4 is 17.5 Å². The molecule has 5 nitrogen and oxygen atoms in total. The SMILES string of the molecule is COC(=O)[C@H]1CON=C1C(=O)c1ccccc1. The molecular weight excluding hydrogens is 222 g/mol. The Balaban J connectivity index is 2.23. The molecule has 2 rings (SSSR count). The van der Waals surface area contributed by atoms with Crippen LogP contribution < -0.4 is 0 Å². The third-order valence-electron chi connectivity index (χ3n) is 2.49. The van der Waals surface area contributed by atoms with Crippen LogP contribution >= 0.6 is 0 Å². The normalized spacial score (nSPS) is 18.2. The molecule has 1 heterocycles. The molecule has 0 amide bonds. The van der Waals surface area contributed by atoms with E-state index < -0.39 is 11.9 Å². The maximum Gasteiger partial charge on any atom is 0.318 e. The Hall–Kier alpha value is -2.17. The van der Waals surface area contributed by atoms with E-state index >= 15 is 0 Å². The van der Waals surface area contributed by atoms with Crippen LogP contribution in [-0.4, -0.2) is 31.2 Å². The Morgan fingerprint density at radius 2 is 2.06 bits per heavy atom. The van der Waals surface area contributed by atoms with E-state index in [0.29, 0.717) is 5.56 Å². The topological polar surface area (TPSA) is 65.0 Å². The molecule has 0 bridgehead atoms. The number of nitrogens with zero attached hydrogens (tertiary/aromatic N) is 1. The Morgan fingerprint density at radius 3 is 2.71 bits per heavy atom. The van der Waals surface area contributed by atoms with Gasteiger partial charge in [-0.3, -0.25) is 9.59 Å². The summed E-state index contributed by atoms with van der Waals surface area (Å²) in [7, 11) is 1.27. The van der Waals surface area contributed by atoms with Crippen molar-refractivity contribution in [3.63, 3.8) is 0 Å². The number of carbonyl (C=O) groups excluding carboxylic acids is 2. The van der Waals surface area contributed by atoms with Gasteiger partial charge in [-0.05, 0) is 0 Å². The number of esters is 1. The molecule has 0 fully saturated rings. The van der Waals surface area contributed by atoms with Crippen LogP contribution in [0.15, 0.2) is 35.5 Å². The fourth-order valence-corrected chi connectivity index (χ4v) is 1.58. The zero-order chi connectivity index (χ0) is 12.3. The minimum atomic E-state index is -0.729. The second kappa shape index (κ2) is 4.78. The number of benzene rings is 1. The van der Waals surface area contributed by atoms with Gasteiger partial charge >= 0.3 is 5.97 Å². The van der Waals surface area contributed by atoms with Crippen molar-refractivity contribution in [2.45, 2.75) is 0 Å². The lowest BCUT2D eigenvalue weighted by atomic mass is 9.97. The molecule has 0 unspecified atom stereocenters. The molecule has 0 aromatic heterocycles. The zero-order valence-corrected chi connectivity index (χ0v) is 9.25. The molecule has 1 atom stereocenters. The van der Waals surface area contributed by atoms with Crippen LogP contribution in [0.1, 0.15) is 10.4 Å². The standard InChI is InChI=1S/C12H11NO4/c1-16-12(15)9-7-17-13-10(9)11(14)8-5-3-2-4-6-8/h2-6,9H,7H2,1H3/t9-/m0/s1. The van der Waals surface area contributed by atoms with Crippen LogP contribution in [0.2, 0.25) is 0 Å². The number of ketones is 1. The first-order valence-corrected chi connectivity index (χ1v) is 5.11. The second-order valence-corrected chi connectivity index (χ2v) is 3.54. The summed E-state index contributed by atoms with van der Waals surface area (Å²) < 4.78 is 4.60. The van der Waals surface area contributed by atoms with Crippen LogP contribution in [0.5, 0.6) is 0 Å². The summed E-state index contributed by atoms with van der Waals surface area (Å²) >= 11 is 0. The van der Waals surface area contributed by atoms with Gasteiger partial charge in [0.05, 0.1) is 7.11 Å². The molecule has 88 valence electrons. The van der Waals surface area contributed by atoms with Gasteiger partial charge in [-0.1, -0.05) is 35.5 Å². The van der Waals surface area contributed by atoms with Crippen molar-refractivity contribution in [1.29, 1.82) is 0 Å². The third-order valence-corrected chi connectivity index (χ3v) is 2.49. The average Bonchev–Trinajstić information content (AvgIpc) is 2.87. The summed E-state index contributed by atoms with van der Waals surface area (Å²) in [6.07, 6.45) is 0. The monoisotopic (exact) mass is 233 g/mol. The zero-order valence-electron chi connectivity index (χ0n) is 9.25. The van der Waals surface area contributed by atoms with Crippen molar-refractivity contribution in [3.8, 4) is 0 Å². The number of methoxy groups -OCH3 is 1. The van der Waals surface area contributed by atoms with E-state index in [2.05, 4.69) is 9.89 Å². The lowest BCUT2D eigenvalue weighted by Crippen LogP contribution is -2.30. The van der Waals surface area contributed by atoms with Crippen molar-refractivity contribution in [2.24, 2.45) is 11.1 Å². The van der Waals surface area contributed by atoms with Crippen LogP contribution in [0, 0.1) is 5.92 Å². The highest BCUT2D eigenvalue weighted by atomic mass is 16.6. The van der Waals surface area contributed by atoms with Gasteiger partial charge in [0.25, 0.3) is 0 Å². The number of carbonyl (C=O) groups is 2. The minimum Gasteiger partial charge on any atom is -0.468 e. The first-order valence-electron chi connectivity index (χ1n) is 5.11.